The number of hydrogen-bond acceptors (Lipinski definition) is 5. The first-order valence-electron chi connectivity index (χ1n) is 13.7. The van der Waals surface area contributed by atoms with E-state index in [1.54, 1.807) is 36.9 Å². The van der Waals surface area contributed by atoms with Crippen molar-refractivity contribution in [1.82, 2.24) is 20.1 Å². The van der Waals surface area contributed by atoms with Crippen molar-refractivity contribution in [2.75, 3.05) is 5.32 Å². The summed E-state index contributed by atoms with van der Waals surface area (Å²) in [4.78, 5) is 31.0. The number of nitrogens with zero attached hydrogens (tertiary/aromatic N) is 4. The Hall–Kier alpha value is -3.82. The molecule has 0 aromatic carbocycles. The van der Waals surface area contributed by atoms with Gasteiger partial charge in [-0.1, -0.05) is 6.92 Å². The number of rotatable bonds is 10. The van der Waals surface area contributed by atoms with E-state index in [0.717, 1.165) is 32.1 Å². The van der Waals surface area contributed by atoms with E-state index in [1.807, 2.05) is 13.8 Å². The minimum atomic E-state index is -0.791. The van der Waals surface area contributed by atoms with Gasteiger partial charge in [0, 0.05) is 30.3 Å². The average Bonchev–Trinajstić information content (AvgIpc) is 3.85. The van der Waals surface area contributed by atoms with Crippen LogP contribution in [0.4, 0.5) is 10.2 Å². The highest BCUT2D eigenvalue weighted by Crippen LogP contribution is 2.51. The summed E-state index contributed by atoms with van der Waals surface area (Å²) in [6.45, 7) is 7.39. The number of anilines is 1. The van der Waals surface area contributed by atoms with Crippen LogP contribution in [-0.2, 0) is 4.79 Å². The topological polar surface area (TPSA) is 116 Å². The van der Waals surface area contributed by atoms with Crippen molar-refractivity contribution in [3.8, 4) is 11.1 Å². The Balaban J connectivity index is 1.39. The third kappa shape index (κ3) is 5.65. The third-order valence-electron chi connectivity index (χ3n) is 8.00. The Morgan fingerprint density at radius 1 is 1.15 bits per heavy atom. The molecule has 0 spiro atoms. The van der Waals surface area contributed by atoms with E-state index in [-0.39, 0.29) is 29.2 Å². The standard InChI is InChI=1S/C29H35FN6O3/c1-5-17(3)36-23(12-13-31-36)28(37)34-26(25(19-6-7-19)20-8-9-20)29(38)33-24-11-10-21(27(30)32-24)22-14-16(2)15-35(39)18(22)4/h10-15,17,19-20,25-26H,5-9H2,1-4H3,(H,34,37)(H,32,33,38)/t17?,26-/m0/s1. The van der Waals surface area contributed by atoms with Crippen LogP contribution in [0, 0.1) is 42.8 Å². The highest BCUT2D eigenvalue weighted by molar-refractivity contribution is 6.00. The second-order valence-electron chi connectivity index (χ2n) is 11.0. The summed E-state index contributed by atoms with van der Waals surface area (Å²) >= 11 is 0. The summed E-state index contributed by atoms with van der Waals surface area (Å²) in [5.41, 5.74) is 2.08. The van der Waals surface area contributed by atoms with Crippen molar-refractivity contribution in [2.45, 2.75) is 71.9 Å². The SMILES string of the molecule is CCC(C)n1nccc1C(=O)N[C@H](C(=O)Nc1ccc(-c2cc(C)c[n+]([O-])c2C)c(F)n1)C(C1CC1)C1CC1. The number of nitrogens with one attached hydrogen (secondary N) is 2. The van der Waals surface area contributed by atoms with Crippen LogP contribution in [0.5, 0.6) is 0 Å². The van der Waals surface area contributed by atoms with Gasteiger partial charge in [0.05, 0.1) is 5.56 Å². The van der Waals surface area contributed by atoms with E-state index >= 15 is 4.39 Å². The number of carbonyl (C=O) groups excluding carboxylic acids is 2. The maximum absolute atomic E-state index is 15.2. The highest BCUT2D eigenvalue weighted by Gasteiger charge is 2.48. The summed E-state index contributed by atoms with van der Waals surface area (Å²) in [5, 5.41) is 22.2. The van der Waals surface area contributed by atoms with Crippen molar-refractivity contribution in [2.24, 2.45) is 17.8 Å². The number of halogens is 1. The van der Waals surface area contributed by atoms with Crippen LogP contribution < -0.4 is 15.4 Å². The monoisotopic (exact) mass is 534 g/mol. The Bertz CT molecular complexity index is 1390. The fourth-order valence-electron chi connectivity index (χ4n) is 5.41. The summed E-state index contributed by atoms with van der Waals surface area (Å²) in [6, 6.07) is 5.68. The molecule has 9 nitrogen and oxygen atoms in total. The van der Waals surface area contributed by atoms with Gasteiger partial charge in [0.1, 0.15) is 17.6 Å². The summed E-state index contributed by atoms with van der Waals surface area (Å²) in [5.74, 6) is -0.733. The van der Waals surface area contributed by atoms with E-state index in [0.29, 0.717) is 39.1 Å². The molecular formula is C29H35FN6O3. The molecule has 2 N–H and O–H groups in total. The summed E-state index contributed by atoms with van der Waals surface area (Å²) < 4.78 is 17.5. The molecule has 5 rings (SSSR count). The zero-order chi connectivity index (χ0) is 27.8. The molecule has 2 fully saturated rings. The fourth-order valence-corrected chi connectivity index (χ4v) is 5.41. The van der Waals surface area contributed by atoms with Crippen molar-refractivity contribution in [3.63, 3.8) is 0 Å². The molecule has 39 heavy (non-hydrogen) atoms. The molecule has 0 aliphatic heterocycles. The zero-order valence-corrected chi connectivity index (χ0v) is 22.8. The van der Waals surface area contributed by atoms with Crippen LogP contribution in [0.15, 0.2) is 36.7 Å². The lowest BCUT2D eigenvalue weighted by atomic mass is 9.88. The van der Waals surface area contributed by atoms with Crippen LogP contribution in [0.1, 0.15) is 73.7 Å². The van der Waals surface area contributed by atoms with Crippen molar-refractivity contribution < 1.29 is 18.7 Å². The fraction of sp³-hybridized carbons (Fsp3) is 0.483. The number of aromatic nitrogens is 4. The van der Waals surface area contributed by atoms with Crippen LogP contribution in [0.3, 0.4) is 0 Å². The van der Waals surface area contributed by atoms with E-state index in [9.17, 15) is 14.8 Å². The van der Waals surface area contributed by atoms with Crippen LogP contribution in [0.2, 0.25) is 0 Å². The molecule has 3 aromatic rings. The lowest BCUT2D eigenvalue weighted by molar-refractivity contribution is -0.612. The third-order valence-corrected chi connectivity index (χ3v) is 8.00. The Labute approximate surface area is 227 Å². The molecule has 2 atom stereocenters. The largest absolute Gasteiger partial charge is 0.618 e. The summed E-state index contributed by atoms with van der Waals surface area (Å²) in [6.07, 6.45) is 7.95. The molecular weight excluding hydrogens is 499 g/mol. The van der Waals surface area contributed by atoms with Gasteiger partial charge in [-0.15, -0.1) is 0 Å². The minimum Gasteiger partial charge on any atom is -0.618 e. The molecule has 1 unspecified atom stereocenters. The van der Waals surface area contributed by atoms with Crippen molar-refractivity contribution >= 4 is 17.6 Å². The first-order valence-corrected chi connectivity index (χ1v) is 13.7. The van der Waals surface area contributed by atoms with Crippen LogP contribution >= 0.6 is 0 Å². The van der Waals surface area contributed by atoms with E-state index < -0.39 is 17.9 Å². The highest BCUT2D eigenvalue weighted by atomic mass is 19.1. The Morgan fingerprint density at radius 2 is 1.85 bits per heavy atom. The van der Waals surface area contributed by atoms with E-state index in [2.05, 4.69) is 20.7 Å². The number of aryl methyl sites for hydroxylation is 1. The molecule has 3 aromatic heterocycles. The molecule has 2 aliphatic carbocycles. The van der Waals surface area contributed by atoms with Gasteiger partial charge >= 0.3 is 0 Å². The van der Waals surface area contributed by atoms with Crippen molar-refractivity contribution in [1.29, 1.82) is 0 Å². The molecule has 2 saturated carbocycles. The van der Waals surface area contributed by atoms with Gasteiger partial charge < -0.3 is 15.8 Å². The second kappa shape index (κ2) is 10.7. The quantitative estimate of drug-likeness (QED) is 0.226. The van der Waals surface area contributed by atoms with E-state index in [4.69, 9.17) is 0 Å². The number of hydrogen-bond donors (Lipinski definition) is 2. The Morgan fingerprint density at radius 3 is 2.46 bits per heavy atom. The van der Waals surface area contributed by atoms with Gasteiger partial charge in [-0.2, -0.15) is 14.2 Å². The van der Waals surface area contributed by atoms with Crippen LogP contribution in [-0.4, -0.2) is 32.6 Å². The number of carbonyl (C=O) groups is 2. The average molecular weight is 535 g/mol. The van der Waals surface area contributed by atoms with Gasteiger partial charge in [0.25, 0.3) is 5.91 Å². The van der Waals surface area contributed by atoms with Gasteiger partial charge in [-0.25, -0.2) is 4.98 Å². The second-order valence-corrected chi connectivity index (χ2v) is 11.0. The minimum absolute atomic E-state index is 0.0143. The van der Waals surface area contributed by atoms with Gasteiger partial charge in [0.2, 0.25) is 11.9 Å². The first kappa shape index (κ1) is 26.8. The molecule has 206 valence electrons. The van der Waals surface area contributed by atoms with Crippen molar-refractivity contribution in [3.05, 3.63) is 64.8 Å². The number of amides is 2. The normalized spacial score (nSPS) is 16.7. The molecule has 2 aliphatic rings. The molecule has 0 radical (unpaired) electrons. The molecule has 3 heterocycles. The maximum atomic E-state index is 15.2. The lowest BCUT2D eigenvalue weighted by Crippen LogP contribution is -2.50. The predicted molar refractivity (Wildman–Crippen MR) is 144 cm³/mol. The zero-order valence-electron chi connectivity index (χ0n) is 22.8. The maximum Gasteiger partial charge on any atom is 0.270 e. The van der Waals surface area contributed by atoms with Crippen LogP contribution in [0.25, 0.3) is 11.1 Å². The predicted octanol–water partition coefficient (Wildman–Crippen LogP) is 4.48. The molecule has 2 amide bonds. The molecule has 0 saturated heterocycles. The first-order chi connectivity index (χ1) is 18.7. The molecule has 0 bridgehead atoms. The van der Waals surface area contributed by atoms with E-state index in [1.165, 1.54) is 18.3 Å². The van der Waals surface area contributed by atoms with Gasteiger partial charge in [-0.05, 0) is 88.0 Å². The molecule has 10 heteroatoms. The Kier molecular flexibility index (Phi) is 7.38. The lowest BCUT2D eigenvalue weighted by Gasteiger charge is -2.27. The van der Waals surface area contributed by atoms with Gasteiger partial charge in [0.15, 0.2) is 11.9 Å². The smallest absolute Gasteiger partial charge is 0.270 e. The van der Waals surface area contributed by atoms with Gasteiger partial charge in [-0.3, -0.25) is 14.3 Å². The summed E-state index contributed by atoms with van der Waals surface area (Å²) in [7, 11) is 0. The number of pyridine rings is 2.